The van der Waals surface area contributed by atoms with Gasteiger partial charge in [0.15, 0.2) is 17.3 Å². The predicted octanol–water partition coefficient (Wildman–Crippen LogP) is 3.66. The summed E-state index contributed by atoms with van der Waals surface area (Å²) in [6.07, 6.45) is -4.55. The number of ether oxygens (including phenoxy) is 1. The smallest absolute Gasteiger partial charge is 0.224 e. The SMILES string of the molecule is [2H]C1CC(Nc2ncc3nc(Nc4c(F)cc(F)cc4F)n(C4CCOC4)c3n2)CC([2H])([2H])C1([2H])O. The number of nitrogens with zero attached hydrogens (tertiary/aromatic N) is 4. The van der Waals surface area contributed by atoms with Crippen LogP contribution in [0.1, 0.15) is 43.6 Å². The van der Waals surface area contributed by atoms with Gasteiger partial charge in [0.05, 0.1) is 26.3 Å². The summed E-state index contributed by atoms with van der Waals surface area (Å²) in [5, 5.41) is 15.6. The van der Waals surface area contributed by atoms with Crippen molar-refractivity contribution >= 4 is 28.7 Å². The van der Waals surface area contributed by atoms with Crippen molar-refractivity contribution in [3.8, 4) is 0 Å². The minimum atomic E-state index is -2.54. The summed E-state index contributed by atoms with van der Waals surface area (Å²) in [6, 6.07) is 0.210. The van der Waals surface area contributed by atoms with Gasteiger partial charge in [-0.25, -0.2) is 23.1 Å². The van der Waals surface area contributed by atoms with E-state index in [0.29, 0.717) is 42.9 Å². The van der Waals surface area contributed by atoms with E-state index in [-0.39, 0.29) is 30.8 Å². The van der Waals surface area contributed by atoms with Gasteiger partial charge < -0.3 is 20.5 Å². The maximum atomic E-state index is 14.3. The number of fused-ring (bicyclic) bond motifs is 1. The number of aromatic nitrogens is 4. The van der Waals surface area contributed by atoms with Crippen LogP contribution in [0.5, 0.6) is 0 Å². The number of anilines is 3. The Morgan fingerprint density at radius 3 is 2.72 bits per heavy atom. The van der Waals surface area contributed by atoms with Crippen LogP contribution in [0.25, 0.3) is 11.2 Å². The van der Waals surface area contributed by atoms with Crippen LogP contribution in [0.4, 0.5) is 30.8 Å². The van der Waals surface area contributed by atoms with Gasteiger partial charge in [-0.2, -0.15) is 4.98 Å². The van der Waals surface area contributed by atoms with Gasteiger partial charge in [0.2, 0.25) is 11.9 Å². The quantitative estimate of drug-likeness (QED) is 0.544. The Hall–Kier alpha value is -2.92. The third-order valence-corrected chi connectivity index (χ3v) is 5.41. The average Bonchev–Trinajstić information content (AvgIpc) is 3.42. The molecule has 2 aliphatic rings. The van der Waals surface area contributed by atoms with Crippen molar-refractivity contribution in [2.45, 2.75) is 50.2 Å². The lowest BCUT2D eigenvalue weighted by atomic mass is 9.93. The van der Waals surface area contributed by atoms with Crippen molar-refractivity contribution in [1.29, 1.82) is 0 Å². The van der Waals surface area contributed by atoms with E-state index >= 15 is 0 Å². The number of benzene rings is 1. The van der Waals surface area contributed by atoms with Crippen LogP contribution in [0, 0.1) is 17.5 Å². The van der Waals surface area contributed by atoms with Crippen LogP contribution in [-0.4, -0.2) is 50.0 Å². The van der Waals surface area contributed by atoms with E-state index in [2.05, 4.69) is 25.6 Å². The lowest BCUT2D eigenvalue weighted by Crippen LogP contribution is -2.29. The van der Waals surface area contributed by atoms with Crippen molar-refractivity contribution in [3.05, 3.63) is 35.8 Å². The van der Waals surface area contributed by atoms with Crippen LogP contribution in [0.3, 0.4) is 0 Å². The zero-order valence-electron chi connectivity index (χ0n) is 20.8. The largest absolute Gasteiger partial charge is 0.393 e. The number of imidazole rings is 1. The van der Waals surface area contributed by atoms with E-state index < -0.39 is 48.0 Å². The molecule has 170 valence electrons. The predicted molar refractivity (Wildman–Crippen MR) is 111 cm³/mol. The van der Waals surface area contributed by atoms with E-state index in [1.165, 1.54) is 6.20 Å². The molecule has 1 saturated heterocycles. The molecule has 1 saturated carbocycles. The summed E-state index contributed by atoms with van der Waals surface area (Å²) in [6.45, 7) is 0.754. The highest BCUT2D eigenvalue weighted by Crippen LogP contribution is 2.32. The monoisotopic (exact) mass is 452 g/mol. The molecule has 2 fully saturated rings. The molecule has 0 spiro atoms. The molecule has 1 aliphatic heterocycles. The average molecular weight is 452 g/mol. The van der Waals surface area contributed by atoms with Gasteiger partial charge in [-0.3, -0.25) is 4.57 Å². The highest BCUT2D eigenvalue weighted by atomic mass is 19.1. The molecule has 3 heterocycles. The van der Waals surface area contributed by atoms with E-state index in [1.54, 1.807) is 4.57 Å². The third kappa shape index (κ3) is 4.09. The third-order valence-electron chi connectivity index (χ3n) is 5.41. The van der Waals surface area contributed by atoms with E-state index in [0.717, 1.165) is 0 Å². The second kappa shape index (κ2) is 8.55. The van der Waals surface area contributed by atoms with Gasteiger partial charge in [0, 0.05) is 28.9 Å². The highest BCUT2D eigenvalue weighted by molar-refractivity contribution is 5.76. The van der Waals surface area contributed by atoms with Gasteiger partial charge >= 0.3 is 0 Å². The van der Waals surface area contributed by atoms with Crippen LogP contribution in [0.2, 0.25) is 0 Å². The summed E-state index contributed by atoms with van der Waals surface area (Å²) in [5.74, 6) is -3.17. The Bertz CT molecular complexity index is 1280. The molecule has 2 aromatic heterocycles. The molecule has 5 rings (SSSR count). The molecular weight excluding hydrogens is 425 g/mol. The molecule has 0 bridgehead atoms. The Balaban J connectivity index is 1.49. The van der Waals surface area contributed by atoms with Crippen molar-refractivity contribution in [1.82, 2.24) is 19.5 Å². The van der Waals surface area contributed by atoms with Gasteiger partial charge in [-0.1, -0.05) is 0 Å². The number of hydrogen-bond donors (Lipinski definition) is 3. The first-order valence-electron chi connectivity index (χ1n) is 12.2. The van der Waals surface area contributed by atoms with Crippen molar-refractivity contribution in [3.63, 3.8) is 0 Å². The summed E-state index contributed by atoms with van der Waals surface area (Å²) in [7, 11) is 0. The standard InChI is InChI=1S/C21H23F3N6O2/c22-11-7-15(23)18(16(24)8-11)28-21-27-17-9-25-20(26-12-1-3-14(31)4-2-12)29-19(17)30(21)13-5-6-32-10-13/h7-9,12-14,31H,1-6,10H2,(H,27,28)(H,25,26,29)/i3D,4D2,14D. The molecule has 8 nitrogen and oxygen atoms in total. The summed E-state index contributed by atoms with van der Waals surface area (Å²) >= 11 is 0. The minimum Gasteiger partial charge on any atom is -0.393 e. The lowest BCUT2D eigenvalue weighted by Gasteiger charge is -2.26. The fraction of sp³-hybridized carbons (Fsp3) is 0.476. The Labute approximate surface area is 187 Å². The zero-order valence-corrected chi connectivity index (χ0v) is 16.8. The molecule has 4 unspecified atom stereocenters. The summed E-state index contributed by atoms with van der Waals surface area (Å²) < 4.78 is 80.9. The molecular formula is C21H23F3N6O2. The minimum absolute atomic E-state index is 0.00738. The van der Waals surface area contributed by atoms with Crippen molar-refractivity contribution in [2.24, 2.45) is 0 Å². The highest BCUT2D eigenvalue weighted by Gasteiger charge is 2.27. The number of rotatable bonds is 5. The summed E-state index contributed by atoms with van der Waals surface area (Å²) in [4.78, 5) is 13.1. The molecule has 1 aliphatic carbocycles. The molecule has 0 radical (unpaired) electrons. The van der Waals surface area contributed by atoms with Crippen molar-refractivity contribution in [2.75, 3.05) is 23.8 Å². The Kier molecular flexibility index (Phi) is 4.45. The molecule has 0 amide bonds. The molecule has 32 heavy (non-hydrogen) atoms. The topological polar surface area (TPSA) is 97.1 Å². The van der Waals surface area contributed by atoms with Crippen LogP contribution >= 0.6 is 0 Å². The van der Waals surface area contributed by atoms with E-state index in [1.807, 2.05) is 0 Å². The maximum Gasteiger partial charge on any atom is 0.224 e. The second-order valence-corrected chi connectivity index (χ2v) is 7.64. The Morgan fingerprint density at radius 1 is 1.19 bits per heavy atom. The summed E-state index contributed by atoms with van der Waals surface area (Å²) in [5.41, 5.74) is 0.0365. The maximum absolute atomic E-state index is 14.3. The molecule has 3 aromatic rings. The lowest BCUT2D eigenvalue weighted by molar-refractivity contribution is 0.126. The number of hydrogen-bond acceptors (Lipinski definition) is 7. The first kappa shape index (κ1) is 16.7. The van der Waals surface area contributed by atoms with Gasteiger partial charge in [-0.05, 0) is 32.0 Å². The second-order valence-electron chi connectivity index (χ2n) is 7.64. The van der Waals surface area contributed by atoms with Gasteiger partial charge in [-0.15, -0.1) is 0 Å². The van der Waals surface area contributed by atoms with Crippen LogP contribution in [0.15, 0.2) is 18.3 Å². The molecule has 1 aromatic carbocycles. The first-order chi connectivity index (χ1) is 17.0. The number of aliphatic hydroxyl groups is 1. The number of halogens is 3. The Morgan fingerprint density at radius 2 is 2.00 bits per heavy atom. The molecule has 4 atom stereocenters. The normalized spacial score (nSPS) is 31.6. The number of nitrogens with one attached hydrogen (secondary N) is 2. The van der Waals surface area contributed by atoms with Gasteiger partial charge in [0.1, 0.15) is 17.0 Å². The van der Waals surface area contributed by atoms with Crippen molar-refractivity contribution < 1.29 is 28.5 Å². The first-order valence-corrected chi connectivity index (χ1v) is 10.1. The van der Waals surface area contributed by atoms with Gasteiger partial charge in [0.25, 0.3) is 0 Å². The fourth-order valence-corrected chi connectivity index (χ4v) is 3.82. The van der Waals surface area contributed by atoms with Crippen LogP contribution < -0.4 is 10.6 Å². The van der Waals surface area contributed by atoms with Crippen LogP contribution in [-0.2, 0) is 4.74 Å². The zero-order chi connectivity index (χ0) is 25.8. The van der Waals surface area contributed by atoms with E-state index in [9.17, 15) is 18.3 Å². The molecule has 11 heteroatoms. The fourth-order valence-electron chi connectivity index (χ4n) is 3.82. The van der Waals surface area contributed by atoms with E-state index in [4.69, 9.17) is 10.2 Å². The molecule has 3 N–H and O–H groups in total.